The van der Waals surface area contributed by atoms with Crippen molar-refractivity contribution < 1.29 is 33.3 Å². The molecule has 5 heterocycles. The fraction of sp³-hybridized carbons (Fsp3) is 0.370. The number of pyridine rings is 1. The predicted molar refractivity (Wildman–Crippen MR) is 145 cm³/mol. The zero-order valence-corrected chi connectivity index (χ0v) is 23.0. The van der Waals surface area contributed by atoms with Crippen molar-refractivity contribution in [3.05, 3.63) is 40.7 Å². The molecular weight excluding hydrogens is 558 g/mol. The van der Waals surface area contributed by atoms with Gasteiger partial charge in [0.05, 0.1) is 47.6 Å². The second kappa shape index (κ2) is 9.81. The van der Waals surface area contributed by atoms with Gasteiger partial charge in [-0.25, -0.2) is 23.5 Å². The molecule has 3 aromatic heterocycles. The molecule has 14 heteroatoms. The summed E-state index contributed by atoms with van der Waals surface area (Å²) in [6.45, 7) is 5.37. The van der Waals surface area contributed by atoms with E-state index in [0.717, 1.165) is 17.5 Å². The zero-order valence-electron chi connectivity index (χ0n) is 22.2. The molecule has 2 atom stereocenters. The van der Waals surface area contributed by atoms with E-state index < -0.39 is 35.5 Å². The Morgan fingerprint density at radius 1 is 1.20 bits per heavy atom. The fourth-order valence-electron chi connectivity index (χ4n) is 5.09. The molecule has 11 nitrogen and oxygen atoms in total. The first-order valence-electron chi connectivity index (χ1n) is 12.7. The molecule has 1 amide bonds. The lowest BCUT2D eigenvalue weighted by Gasteiger charge is -2.19. The molecule has 4 aromatic rings. The summed E-state index contributed by atoms with van der Waals surface area (Å²) in [4.78, 5) is 27.0. The number of halogens is 2. The highest BCUT2D eigenvalue weighted by molar-refractivity contribution is 7.23. The standard InChI is InChI=1S/C27H24F2N6O5S/c1-27(2,3)40-26(38)34-24-11(4-30)19-22(31-6-15(28)23(19)41-24)18-14-10-39-9-13(14)12-5-32-25(33-21(12)20(18)29)35-7-16(36)17(37)8-35/h5-6,16-17,36-37H,7-10H2,1-3H3,(H,34,38)/t16-,17+. The second-order valence-corrected chi connectivity index (χ2v) is 11.8. The number of carbonyl (C=O) groups is 1. The normalized spacial score (nSPS) is 18.6. The van der Waals surface area contributed by atoms with Crippen LogP contribution in [0.25, 0.3) is 32.2 Å². The number of thiophene rings is 1. The first-order valence-corrected chi connectivity index (χ1v) is 13.5. The minimum atomic E-state index is -0.994. The average molecular weight is 583 g/mol. The van der Waals surface area contributed by atoms with Crippen LogP contribution in [0.4, 0.5) is 24.5 Å². The Morgan fingerprint density at radius 2 is 1.90 bits per heavy atom. The molecule has 41 heavy (non-hydrogen) atoms. The van der Waals surface area contributed by atoms with Crippen molar-refractivity contribution in [2.24, 2.45) is 0 Å². The number of aliphatic hydroxyl groups excluding tert-OH is 2. The lowest BCUT2D eigenvalue weighted by molar-refractivity contribution is 0.0572. The van der Waals surface area contributed by atoms with E-state index in [1.54, 1.807) is 25.7 Å². The Bertz CT molecular complexity index is 1770. The third kappa shape index (κ3) is 4.60. The summed E-state index contributed by atoms with van der Waals surface area (Å²) in [5.74, 6) is -1.40. The number of nitrogens with zero attached hydrogens (tertiary/aromatic N) is 5. The van der Waals surface area contributed by atoms with Gasteiger partial charge in [-0.05, 0) is 31.9 Å². The number of fused-ring (bicyclic) bond motifs is 4. The number of carbonyl (C=O) groups excluding carboxylic acids is 1. The number of β-amino-alcohol motifs (C(OH)–C–C–N with tert-alkyl or cyclic N) is 2. The summed E-state index contributed by atoms with van der Waals surface area (Å²) in [7, 11) is 0. The van der Waals surface area contributed by atoms with Crippen LogP contribution in [0.15, 0.2) is 12.4 Å². The lowest BCUT2D eigenvalue weighted by atomic mass is 9.94. The minimum Gasteiger partial charge on any atom is -0.444 e. The summed E-state index contributed by atoms with van der Waals surface area (Å²) in [6.07, 6.45) is -0.408. The van der Waals surface area contributed by atoms with Gasteiger partial charge in [-0.15, -0.1) is 11.3 Å². The Kier molecular flexibility index (Phi) is 6.50. The van der Waals surface area contributed by atoms with E-state index in [9.17, 15) is 20.3 Å². The molecule has 1 fully saturated rings. The van der Waals surface area contributed by atoms with Gasteiger partial charge in [-0.3, -0.25) is 10.3 Å². The van der Waals surface area contributed by atoms with Crippen LogP contribution in [0, 0.1) is 23.0 Å². The molecule has 0 bridgehead atoms. The fourth-order valence-corrected chi connectivity index (χ4v) is 6.13. The number of hydrogen-bond donors (Lipinski definition) is 3. The molecule has 0 aliphatic carbocycles. The molecule has 3 N–H and O–H groups in total. The predicted octanol–water partition coefficient (Wildman–Crippen LogP) is 3.98. The maximum atomic E-state index is 16.5. The molecule has 1 saturated heterocycles. The summed E-state index contributed by atoms with van der Waals surface area (Å²) in [5.41, 5.74) is 0.143. The molecule has 0 unspecified atom stereocenters. The van der Waals surface area contributed by atoms with E-state index in [2.05, 4.69) is 20.3 Å². The topological polar surface area (TPSA) is 154 Å². The van der Waals surface area contributed by atoms with E-state index in [0.29, 0.717) is 16.5 Å². The van der Waals surface area contributed by atoms with Gasteiger partial charge >= 0.3 is 6.09 Å². The number of aliphatic hydroxyl groups is 2. The van der Waals surface area contributed by atoms with Gasteiger partial charge in [0.1, 0.15) is 22.2 Å². The molecular formula is C27H24F2N6O5S. The highest BCUT2D eigenvalue weighted by atomic mass is 32.1. The highest BCUT2D eigenvalue weighted by Crippen LogP contribution is 2.45. The molecule has 0 radical (unpaired) electrons. The van der Waals surface area contributed by atoms with E-state index in [1.807, 2.05) is 6.07 Å². The van der Waals surface area contributed by atoms with Crippen LogP contribution in [-0.4, -0.2) is 62.2 Å². The summed E-state index contributed by atoms with van der Waals surface area (Å²) in [5, 5.41) is 33.0. The first-order chi connectivity index (χ1) is 19.5. The van der Waals surface area contributed by atoms with Crippen LogP contribution in [0.3, 0.4) is 0 Å². The molecule has 1 aromatic carbocycles. The zero-order chi connectivity index (χ0) is 29.2. The highest BCUT2D eigenvalue weighted by Gasteiger charge is 2.34. The summed E-state index contributed by atoms with van der Waals surface area (Å²) >= 11 is 0.818. The SMILES string of the molecule is CC(C)(C)OC(=O)Nc1sc2c(F)cnc(-c3c4c(c5cnc(N6C[C@@H](O)[C@@H](O)C6)nc5c3F)COC4)c2c1C#N. The van der Waals surface area contributed by atoms with Crippen LogP contribution in [-0.2, 0) is 22.7 Å². The van der Waals surface area contributed by atoms with Crippen molar-refractivity contribution in [2.75, 3.05) is 23.3 Å². The van der Waals surface area contributed by atoms with Crippen LogP contribution < -0.4 is 10.2 Å². The number of rotatable bonds is 3. The number of amides is 1. The van der Waals surface area contributed by atoms with E-state index in [-0.39, 0.29) is 69.7 Å². The largest absolute Gasteiger partial charge is 0.444 e. The number of ether oxygens (including phenoxy) is 2. The molecule has 0 saturated carbocycles. The molecule has 0 spiro atoms. The molecule has 6 rings (SSSR count). The van der Waals surface area contributed by atoms with E-state index in [1.165, 1.54) is 6.20 Å². The third-order valence-electron chi connectivity index (χ3n) is 6.86. The van der Waals surface area contributed by atoms with Gasteiger partial charge in [-0.1, -0.05) is 0 Å². The van der Waals surface area contributed by atoms with Crippen LogP contribution in [0.2, 0.25) is 0 Å². The lowest BCUT2D eigenvalue weighted by Crippen LogP contribution is -2.27. The van der Waals surface area contributed by atoms with Crippen molar-refractivity contribution in [1.29, 1.82) is 5.26 Å². The van der Waals surface area contributed by atoms with E-state index in [4.69, 9.17) is 9.47 Å². The third-order valence-corrected chi connectivity index (χ3v) is 7.97. The number of benzene rings is 1. The van der Waals surface area contributed by atoms with Crippen LogP contribution >= 0.6 is 11.3 Å². The Morgan fingerprint density at radius 3 is 2.59 bits per heavy atom. The van der Waals surface area contributed by atoms with Gasteiger partial charge in [0.2, 0.25) is 5.95 Å². The summed E-state index contributed by atoms with van der Waals surface area (Å²) < 4.78 is 42.5. The Balaban J connectivity index is 1.55. The molecule has 212 valence electrons. The van der Waals surface area contributed by atoms with Crippen molar-refractivity contribution >= 4 is 49.4 Å². The monoisotopic (exact) mass is 582 g/mol. The maximum Gasteiger partial charge on any atom is 0.412 e. The molecule has 2 aliphatic rings. The van der Waals surface area contributed by atoms with Crippen molar-refractivity contribution in [3.63, 3.8) is 0 Å². The van der Waals surface area contributed by atoms with Gasteiger partial charge in [0.25, 0.3) is 0 Å². The van der Waals surface area contributed by atoms with Crippen LogP contribution in [0.1, 0.15) is 37.5 Å². The van der Waals surface area contributed by atoms with Gasteiger partial charge < -0.3 is 24.6 Å². The molecule has 2 aliphatic heterocycles. The quantitative estimate of drug-likeness (QED) is 0.323. The van der Waals surface area contributed by atoms with Crippen molar-refractivity contribution in [1.82, 2.24) is 15.0 Å². The van der Waals surface area contributed by atoms with Gasteiger partial charge in [-0.2, -0.15) is 5.26 Å². The number of nitrogens with one attached hydrogen (secondary N) is 1. The van der Waals surface area contributed by atoms with Gasteiger partial charge in [0.15, 0.2) is 11.6 Å². The van der Waals surface area contributed by atoms with Crippen LogP contribution in [0.5, 0.6) is 0 Å². The average Bonchev–Trinajstić information content (AvgIpc) is 3.61. The second-order valence-electron chi connectivity index (χ2n) is 10.8. The summed E-state index contributed by atoms with van der Waals surface area (Å²) in [6, 6.07) is 2.00. The maximum absolute atomic E-state index is 16.5. The Hall–Kier alpha value is -4.03. The number of aromatic nitrogens is 3. The minimum absolute atomic E-state index is 0.000215. The smallest absolute Gasteiger partial charge is 0.412 e. The van der Waals surface area contributed by atoms with Crippen molar-refractivity contribution in [3.8, 4) is 17.3 Å². The van der Waals surface area contributed by atoms with Crippen molar-refractivity contribution in [2.45, 2.75) is 51.8 Å². The Labute approximate surface area is 236 Å². The number of anilines is 2. The van der Waals surface area contributed by atoms with Gasteiger partial charge in [0, 0.05) is 35.6 Å². The number of nitriles is 1. The van der Waals surface area contributed by atoms with E-state index >= 15 is 8.78 Å². The first kappa shape index (κ1) is 27.2. The number of hydrogen-bond acceptors (Lipinski definition) is 11.